The lowest BCUT2D eigenvalue weighted by Crippen LogP contribution is -2.31. The van der Waals surface area contributed by atoms with Crippen LogP contribution in [-0.2, 0) is 17.9 Å². The molecule has 34 heavy (non-hydrogen) atoms. The highest BCUT2D eigenvalue weighted by molar-refractivity contribution is 7.99. The lowest BCUT2D eigenvalue weighted by molar-refractivity contribution is -0.129. The van der Waals surface area contributed by atoms with Crippen molar-refractivity contribution in [1.82, 2.24) is 19.7 Å². The zero-order chi connectivity index (χ0) is 23.9. The summed E-state index contributed by atoms with van der Waals surface area (Å²) in [7, 11) is 3.29. The summed E-state index contributed by atoms with van der Waals surface area (Å²) >= 11 is 3.02. The molecule has 0 aliphatic carbocycles. The van der Waals surface area contributed by atoms with Crippen LogP contribution in [0, 0.1) is 6.92 Å². The van der Waals surface area contributed by atoms with Crippen LogP contribution in [0.25, 0.3) is 5.69 Å². The van der Waals surface area contributed by atoms with Crippen LogP contribution >= 0.6 is 23.1 Å². The van der Waals surface area contributed by atoms with Crippen molar-refractivity contribution in [1.29, 1.82) is 0 Å². The van der Waals surface area contributed by atoms with Crippen molar-refractivity contribution in [3.8, 4) is 17.2 Å². The van der Waals surface area contributed by atoms with Gasteiger partial charge in [-0.15, -0.1) is 21.5 Å². The molecule has 0 atom stereocenters. The number of methoxy groups -OCH3 is 2. The van der Waals surface area contributed by atoms with Gasteiger partial charge in [0.25, 0.3) is 0 Å². The van der Waals surface area contributed by atoms with E-state index in [1.54, 1.807) is 25.6 Å². The van der Waals surface area contributed by atoms with Crippen LogP contribution < -0.4 is 9.47 Å². The first-order valence-corrected chi connectivity index (χ1v) is 12.6. The van der Waals surface area contributed by atoms with E-state index in [0.717, 1.165) is 33.5 Å². The first-order valence-electron chi connectivity index (χ1n) is 10.7. The number of ether oxygens (including phenoxy) is 2. The Bertz CT molecular complexity index is 1220. The molecule has 0 N–H and O–H groups in total. The van der Waals surface area contributed by atoms with Gasteiger partial charge in [0.15, 0.2) is 5.16 Å². The van der Waals surface area contributed by atoms with Crippen LogP contribution in [0.1, 0.15) is 16.3 Å². The highest BCUT2D eigenvalue weighted by atomic mass is 32.2. The Labute approximate surface area is 207 Å². The van der Waals surface area contributed by atoms with E-state index in [1.165, 1.54) is 11.8 Å². The number of carbonyl (C=O) groups is 1. The quantitative estimate of drug-likeness (QED) is 0.290. The topological polar surface area (TPSA) is 69.5 Å². The van der Waals surface area contributed by atoms with Crippen molar-refractivity contribution >= 4 is 29.0 Å². The molecular formula is C25H26N4O3S2. The maximum Gasteiger partial charge on any atom is 0.233 e. The van der Waals surface area contributed by atoms with Crippen LogP contribution in [0.2, 0.25) is 0 Å². The molecule has 4 aromatic rings. The van der Waals surface area contributed by atoms with Gasteiger partial charge in [-0.25, -0.2) is 0 Å². The minimum absolute atomic E-state index is 0.0197. The number of rotatable bonds is 10. The maximum absolute atomic E-state index is 13.4. The minimum atomic E-state index is 0.0197. The number of para-hydroxylation sites is 1. The predicted molar refractivity (Wildman–Crippen MR) is 135 cm³/mol. The van der Waals surface area contributed by atoms with Crippen molar-refractivity contribution in [3.05, 3.63) is 82.3 Å². The standard InChI is InChI=1S/C25H26N4O3S2/c1-18-26-27-25(29(18)20-10-12-21(31-2)13-11-20)34-17-24(30)28(16-22-8-6-14-33-22)15-19-7-4-5-9-23(19)32-3/h4-14H,15-17H2,1-3H3. The highest BCUT2D eigenvalue weighted by Gasteiger charge is 2.20. The SMILES string of the molecule is COc1ccc(-n2c(C)nnc2SCC(=O)N(Cc2cccs2)Cc2ccccc2OC)cc1. The summed E-state index contributed by atoms with van der Waals surface area (Å²) in [4.78, 5) is 16.4. The van der Waals surface area contributed by atoms with E-state index in [9.17, 15) is 4.79 Å². The second kappa shape index (κ2) is 11.2. The van der Waals surface area contributed by atoms with E-state index < -0.39 is 0 Å². The largest absolute Gasteiger partial charge is 0.497 e. The summed E-state index contributed by atoms with van der Waals surface area (Å²) < 4.78 is 12.7. The first kappa shape index (κ1) is 23.8. The summed E-state index contributed by atoms with van der Waals surface area (Å²) in [5.41, 5.74) is 1.89. The molecule has 1 amide bonds. The van der Waals surface area contributed by atoms with E-state index >= 15 is 0 Å². The van der Waals surface area contributed by atoms with Crippen LogP contribution in [0.15, 0.2) is 71.2 Å². The third-order valence-corrected chi connectivity index (χ3v) is 7.06. The van der Waals surface area contributed by atoms with E-state index in [0.29, 0.717) is 18.2 Å². The van der Waals surface area contributed by atoms with Crippen molar-refractivity contribution in [2.24, 2.45) is 0 Å². The van der Waals surface area contributed by atoms with E-state index in [-0.39, 0.29) is 11.7 Å². The van der Waals surface area contributed by atoms with Crippen molar-refractivity contribution in [3.63, 3.8) is 0 Å². The molecular weight excluding hydrogens is 468 g/mol. The Morgan fingerprint density at radius 1 is 1.00 bits per heavy atom. The number of aryl methyl sites for hydroxylation is 1. The summed E-state index contributed by atoms with van der Waals surface area (Å²) in [5, 5.41) is 11.2. The zero-order valence-corrected chi connectivity index (χ0v) is 20.9. The van der Waals surface area contributed by atoms with E-state index in [2.05, 4.69) is 10.2 Å². The van der Waals surface area contributed by atoms with Gasteiger partial charge in [0.05, 0.1) is 26.5 Å². The van der Waals surface area contributed by atoms with Crippen LogP contribution in [0.5, 0.6) is 11.5 Å². The summed E-state index contributed by atoms with van der Waals surface area (Å²) in [6.45, 7) is 2.90. The Morgan fingerprint density at radius 3 is 2.50 bits per heavy atom. The summed E-state index contributed by atoms with van der Waals surface area (Å²) in [6, 6.07) is 19.5. The van der Waals surface area contributed by atoms with Gasteiger partial charge in [0.1, 0.15) is 17.3 Å². The monoisotopic (exact) mass is 494 g/mol. The molecule has 0 aliphatic heterocycles. The van der Waals surface area contributed by atoms with Crippen LogP contribution in [0.3, 0.4) is 0 Å². The predicted octanol–water partition coefficient (Wildman–Crippen LogP) is 4.98. The third-order valence-electron chi connectivity index (χ3n) is 5.28. The second-order valence-electron chi connectivity index (χ2n) is 7.49. The molecule has 0 saturated heterocycles. The lowest BCUT2D eigenvalue weighted by Gasteiger charge is -2.23. The molecule has 0 saturated carbocycles. The number of benzene rings is 2. The normalized spacial score (nSPS) is 10.8. The molecule has 0 radical (unpaired) electrons. The molecule has 2 aromatic heterocycles. The number of nitrogens with zero attached hydrogens (tertiary/aromatic N) is 4. The molecule has 9 heteroatoms. The first-order chi connectivity index (χ1) is 16.6. The Balaban J connectivity index is 1.52. The Hall–Kier alpha value is -3.30. The molecule has 176 valence electrons. The van der Waals surface area contributed by atoms with Crippen molar-refractivity contribution < 1.29 is 14.3 Å². The van der Waals surface area contributed by atoms with Crippen LogP contribution in [0.4, 0.5) is 0 Å². The zero-order valence-electron chi connectivity index (χ0n) is 19.3. The fraction of sp³-hybridized carbons (Fsp3) is 0.240. The van der Waals surface area contributed by atoms with Gasteiger partial charge in [0, 0.05) is 22.7 Å². The second-order valence-corrected chi connectivity index (χ2v) is 9.47. The average Bonchev–Trinajstić information content (AvgIpc) is 3.52. The highest BCUT2D eigenvalue weighted by Crippen LogP contribution is 2.26. The van der Waals surface area contributed by atoms with Gasteiger partial charge in [-0.1, -0.05) is 36.0 Å². The number of thiophene rings is 1. The van der Waals surface area contributed by atoms with Crippen LogP contribution in [-0.4, -0.2) is 45.5 Å². The molecule has 7 nitrogen and oxygen atoms in total. The number of carbonyl (C=O) groups excluding carboxylic acids is 1. The van der Waals surface area contributed by atoms with Gasteiger partial charge >= 0.3 is 0 Å². The molecule has 0 fully saturated rings. The molecule has 0 bridgehead atoms. The average molecular weight is 495 g/mol. The van der Waals surface area contributed by atoms with Gasteiger partial charge in [0.2, 0.25) is 5.91 Å². The molecule has 4 rings (SSSR count). The van der Waals surface area contributed by atoms with Crippen molar-refractivity contribution in [2.75, 3.05) is 20.0 Å². The number of hydrogen-bond donors (Lipinski definition) is 0. The minimum Gasteiger partial charge on any atom is -0.497 e. The Morgan fingerprint density at radius 2 is 1.79 bits per heavy atom. The van der Waals surface area contributed by atoms with Gasteiger partial charge < -0.3 is 14.4 Å². The fourth-order valence-electron chi connectivity index (χ4n) is 3.54. The van der Waals surface area contributed by atoms with E-state index in [4.69, 9.17) is 9.47 Å². The van der Waals surface area contributed by atoms with Gasteiger partial charge in [-0.2, -0.15) is 0 Å². The molecule has 0 aliphatic rings. The molecule has 2 heterocycles. The van der Waals surface area contributed by atoms with Crippen molar-refractivity contribution in [2.45, 2.75) is 25.2 Å². The maximum atomic E-state index is 13.4. The van der Waals surface area contributed by atoms with Gasteiger partial charge in [-0.05, 0) is 48.7 Å². The smallest absolute Gasteiger partial charge is 0.233 e. The lowest BCUT2D eigenvalue weighted by atomic mass is 10.2. The Kier molecular flexibility index (Phi) is 7.87. The van der Waals surface area contributed by atoms with Gasteiger partial charge in [-0.3, -0.25) is 9.36 Å². The van der Waals surface area contributed by atoms with E-state index in [1.807, 2.05) is 82.4 Å². The fourth-order valence-corrected chi connectivity index (χ4v) is 5.16. The number of aromatic nitrogens is 3. The molecule has 0 spiro atoms. The summed E-state index contributed by atoms with van der Waals surface area (Å²) in [5.74, 6) is 2.57. The molecule has 0 unspecified atom stereocenters. The number of amides is 1. The number of thioether (sulfide) groups is 1. The summed E-state index contributed by atoms with van der Waals surface area (Å²) in [6.07, 6.45) is 0. The molecule has 2 aromatic carbocycles. The third kappa shape index (κ3) is 5.60. The number of hydrogen-bond acceptors (Lipinski definition) is 7.